The Morgan fingerprint density at radius 2 is 1.83 bits per heavy atom. The van der Waals surface area contributed by atoms with Gasteiger partial charge in [0, 0.05) is 28.7 Å². The number of halogens is 3. The summed E-state index contributed by atoms with van der Waals surface area (Å²) in [7, 11) is 1.47. The lowest BCUT2D eigenvalue weighted by molar-refractivity contribution is -0.00192. The maximum absolute atomic E-state index is 16.3. The largest absolute Gasteiger partial charge is 0.494 e. The lowest BCUT2D eigenvalue weighted by Gasteiger charge is -2.32. The Kier molecular flexibility index (Phi) is 7.48. The van der Waals surface area contributed by atoms with E-state index in [4.69, 9.17) is 9.47 Å². The summed E-state index contributed by atoms with van der Waals surface area (Å²) in [4.78, 5) is 13.4. The van der Waals surface area contributed by atoms with Crippen LogP contribution in [-0.2, 0) is 15.9 Å². The number of fused-ring (bicyclic) bond motifs is 1. The third kappa shape index (κ3) is 5.37. The third-order valence-electron chi connectivity index (χ3n) is 7.38. The number of hydrogen-bond donors (Lipinski definition) is 2. The molecular formula is C31H30F3N3O4. The second-order valence-corrected chi connectivity index (χ2v) is 10.8. The molecule has 0 radical (unpaired) electrons. The van der Waals surface area contributed by atoms with Gasteiger partial charge in [-0.3, -0.25) is 4.79 Å². The van der Waals surface area contributed by atoms with Crippen LogP contribution in [0.15, 0.2) is 48.5 Å². The van der Waals surface area contributed by atoms with Gasteiger partial charge in [-0.15, -0.1) is 5.10 Å². The fourth-order valence-corrected chi connectivity index (χ4v) is 5.27. The van der Waals surface area contributed by atoms with Gasteiger partial charge < -0.3 is 19.9 Å². The Morgan fingerprint density at radius 3 is 2.46 bits per heavy atom. The molecule has 1 amide bonds. The first-order chi connectivity index (χ1) is 19.4. The van der Waals surface area contributed by atoms with Crippen LogP contribution in [-0.4, -0.2) is 41.5 Å². The number of amides is 1. The van der Waals surface area contributed by atoms with Gasteiger partial charge in [-0.2, -0.15) is 5.10 Å². The van der Waals surface area contributed by atoms with Crippen LogP contribution in [0.3, 0.4) is 0 Å². The third-order valence-corrected chi connectivity index (χ3v) is 7.38. The van der Waals surface area contributed by atoms with Crippen LogP contribution in [0.4, 0.5) is 13.2 Å². The zero-order valence-electron chi connectivity index (χ0n) is 23.1. The van der Waals surface area contributed by atoms with Crippen molar-refractivity contribution < 1.29 is 32.5 Å². The fraction of sp³-hybridized carbons (Fsp3) is 0.323. The van der Waals surface area contributed by atoms with Crippen LogP contribution in [0, 0.1) is 24.4 Å². The first-order valence-electron chi connectivity index (χ1n) is 13.2. The molecule has 214 valence electrons. The van der Waals surface area contributed by atoms with E-state index in [2.05, 4.69) is 15.5 Å². The Labute approximate surface area is 235 Å². The van der Waals surface area contributed by atoms with E-state index in [0.29, 0.717) is 40.8 Å². The van der Waals surface area contributed by atoms with Gasteiger partial charge in [0.15, 0.2) is 0 Å². The molecule has 2 N–H and O–H groups in total. The second kappa shape index (κ2) is 10.8. The number of carbonyl (C=O) groups excluding carboxylic acids is 1. The molecule has 41 heavy (non-hydrogen) atoms. The molecule has 0 saturated carbocycles. The summed E-state index contributed by atoms with van der Waals surface area (Å²) in [6.07, 6.45) is 0.901. The standard InChI is InChI=1S/C31H30F3N3O4/c1-17-12-19-13-20(14-24(40-4)28(19)37-36-17)29(38)35-16-31(10-5-11-41-31)23-15-22(30(2,3)39)26(33)25(27(23)34)18-6-8-21(32)9-7-18/h6-9,12-15,39H,5,10-11,16H2,1-4H3,(H,35,38)/t31-/m0/s1. The molecule has 5 rings (SSSR count). The highest BCUT2D eigenvalue weighted by Gasteiger charge is 2.42. The lowest BCUT2D eigenvalue weighted by Crippen LogP contribution is -2.41. The van der Waals surface area contributed by atoms with Gasteiger partial charge >= 0.3 is 0 Å². The minimum atomic E-state index is -1.67. The van der Waals surface area contributed by atoms with Crippen molar-refractivity contribution in [3.05, 3.63) is 88.4 Å². The number of methoxy groups -OCH3 is 1. The van der Waals surface area contributed by atoms with Crippen LogP contribution in [0.25, 0.3) is 22.0 Å². The number of aromatic nitrogens is 2. The van der Waals surface area contributed by atoms with Gasteiger partial charge in [-0.05, 0) is 75.6 Å². The van der Waals surface area contributed by atoms with Gasteiger partial charge in [0.2, 0.25) is 0 Å². The molecule has 0 unspecified atom stereocenters. The summed E-state index contributed by atoms with van der Waals surface area (Å²) in [6.45, 7) is 4.73. The number of nitrogens with zero attached hydrogens (tertiary/aromatic N) is 2. The van der Waals surface area contributed by atoms with E-state index in [9.17, 15) is 14.3 Å². The molecule has 2 heterocycles. The molecule has 1 aliphatic rings. The molecule has 0 aliphatic carbocycles. The Morgan fingerprint density at radius 1 is 1.10 bits per heavy atom. The zero-order valence-corrected chi connectivity index (χ0v) is 23.1. The number of aryl methyl sites for hydroxylation is 1. The normalized spacial score (nSPS) is 17.2. The summed E-state index contributed by atoms with van der Waals surface area (Å²) in [5, 5.41) is 22.5. The van der Waals surface area contributed by atoms with Gasteiger partial charge in [0.25, 0.3) is 5.91 Å². The topological polar surface area (TPSA) is 93.6 Å². The molecule has 4 aromatic rings. The van der Waals surface area contributed by atoms with Crippen molar-refractivity contribution in [3.8, 4) is 16.9 Å². The number of rotatable bonds is 7. The smallest absolute Gasteiger partial charge is 0.251 e. The van der Waals surface area contributed by atoms with Crippen molar-refractivity contribution in [1.82, 2.24) is 15.5 Å². The van der Waals surface area contributed by atoms with Gasteiger partial charge in [-0.1, -0.05) is 12.1 Å². The van der Waals surface area contributed by atoms with E-state index >= 15 is 8.78 Å². The van der Waals surface area contributed by atoms with Crippen LogP contribution in [0.5, 0.6) is 5.75 Å². The first kappa shape index (κ1) is 28.5. The van der Waals surface area contributed by atoms with Crippen LogP contribution in [0.1, 0.15) is 53.9 Å². The highest BCUT2D eigenvalue weighted by Crippen LogP contribution is 2.43. The molecule has 1 atom stereocenters. The van der Waals surface area contributed by atoms with Crippen LogP contribution < -0.4 is 10.1 Å². The van der Waals surface area contributed by atoms with Crippen LogP contribution in [0.2, 0.25) is 0 Å². The summed E-state index contributed by atoms with van der Waals surface area (Å²) in [5.74, 6) is -2.50. The van der Waals surface area contributed by atoms with Crippen molar-refractivity contribution in [2.45, 2.75) is 44.8 Å². The van der Waals surface area contributed by atoms with Crippen molar-refractivity contribution in [3.63, 3.8) is 0 Å². The Bertz CT molecular complexity index is 1630. The maximum Gasteiger partial charge on any atom is 0.251 e. The molecule has 0 spiro atoms. The number of nitrogens with one attached hydrogen (secondary N) is 1. The van der Waals surface area contributed by atoms with Crippen molar-refractivity contribution >= 4 is 16.8 Å². The van der Waals surface area contributed by atoms with Crippen molar-refractivity contribution in [1.29, 1.82) is 0 Å². The summed E-state index contributed by atoms with van der Waals surface area (Å²) >= 11 is 0. The molecule has 7 nitrogen and oxygen atoms in total. The molecule has 1 aliphatic heterocycles. The lowest BCUT2D eigenvalue weighted by atomic mass is 9.83. The average Bonchev–Trinajstić information content (AvgIpc) is 3.41. The zero-order chi connectivity index (χ0) is 29.5. The van der Waals surface area contributed by atoms with Gasteiger partial charge in [-0.25, -0.2) is 13.2 Å². The van der Waals surface area contributed by atoms with Gasteiger partial charge in [0.05, 0.1) is 30.5 Å². The summed E-state index contributed by atoms with van der Waals surface area (Å²) in [5.41, 5.74) is -2.01. The maximum atomic E-state index is 16.3. The quantitative estimate of drug-likeness (QED) is 0.299. The second-order valence-electron chi connectivity index (χ2n) is 10.8. The SMILES string of the molecule is COc1cc(C(=O)NC[C@]2(c3cc(C(C)(C)O)c(F)c(-c4ccc(F)cc4)c3F)CCCO2)cc2cc(C)nnc12. The average molecular weight is 566 g/mol. The number of carbonyl (C=O) groups is 1. The highest BCUT2D eigenvalue weighted by atomic mass is 19.1. The minimum absolute atomic E-state index is 0.00450. The molecule has 3 aromatic carbocycles. The van der Waals surface area contributed by atoms with E-state index in [1.54, 1.807) is 25.1 Å². The van der Waals surface area contributed by atoms with Crippen molar-refractivity contribution in [2.75, 3.05) is 20.3 Å². The molecular weight excluding hydrogens is 535 g/mol. The summed E-state index contributed by atoms with van der Waals surface area (Å²) < 4.78 is 57.2. The van der Waals surface area contributed by atoms with Gasteiger partial charge in [0.1, 0.15) is 34.3 Å². The molecule has 1 fully saturated rings. The van der Waals surface area contributed by atoms with Crippen LogP contribution >= 0.6 is 0 Å². The number of benzene rings is 3. The fourth-order valence-electron chi connectivity index (χ4n) is 5.27. The number of hydrogen-bond acceptors (Lipinski definition) is 6. The van der Waals surface area contributed by atoms with E-state index in [0.717, 1.165) is 12.1 Å². The predicted molar refractivity (Wildman–Crippen MR) is 147 cm³/mol. The van der Waals surface area contributed by atoms with E-state index in [1.807, 2.05) is 0 Å². The predicted octanol–water partition coefficient (Wildman–Crippen LogP) is 5.69. The molecule has 1 aromatic heterocycles. The Hall–Kier alpha value is -4.02. The van der Waals surface area contributed by atoms with Crippen molar-refractivity contribution in [2.24, 2.45) is 0 Å². The summed E-state index contributed by atoms with van der Waals surface area (Å²) in [6, 6.07) is 11.0. The van der Waals surface area contributed by atoms with E-state index in [-0.39, 0.29) is 29.8 Å². The molecule has 0 bridgehead atoms. The van der Waals surface area contributed by atoms with E-state index < -0.39 is 40.1 Å². The van der Waals surface area contributed by atoms with E-state index in [1.165, 1.54) is 39.2 Å². The highest BCUT2D eigenvalue weighted by molar-refractivity contribution is 5.99. The molecule has 1 saturated heterocycles. The monoisotopic (exact) mass is 565 g/mol. The Balaban J connectivity index is 1.56. The minimum Gasteiger partial charge on any atom is -0.494 e. The molecule has 10 heteroatoms. The number of ether oxygens (including phenoxy) is 2. The number of aliphatic hydroxyl groups is 1. The first-order valence-corrected chi connectivity index (χ1v) is 13.2.